The molecule has 0 aromatic rings. The molecule has 208 valence electrons. The van der Waals surface area contributed by atoms with Crippen molar-refractivity contribution < 1.29 is 22.9 Å². The molecule has 6 nitrogen and oxygen atoms in total. The summed E-state index contributed by atoms with van der Waals surface area (Å²) < 4.78 is 32.0. The lowest BCUT2D eigenvalue weighted by Crippen LogP contribution is -2.46. The van der Waals surface area contributed by atoms with Crippen LogP contribution in [-0.4, -0.2) is 41.9 Å². The Bertz CT molecular complexity index is 621. The highest BCUT2D eigenvalue weighted by molar-refractivity contribution is 7.85. The van der Waals surface area contributed by atoms with Gasteiger partial charge < -0.3 is 10.4 Å². The Hall–Kier alpha value is -0.920. The summed E-state index contributed by atoms with van der Waals surface area (Å²) in [4.78, 5) is 12.3. The average molecular weight is 518 g/mol. The molecule has 0 aromatic heterocycles. The Morgan fingerprint density at radius 2 is 1.17 bits per heavy atom. The van der Waals surface area contributed by atoms with Crippen molar-refractivity contribution in [2.24, 2.45) is 0 Å². The normalized spacial score (nSPS) is 13.8. The number of hydrogen-bond acceptors (Lipinski definition) is 4. The summed E-state index contributed by atoms with van der Waals surface area (Å²) in [5.41, 5.74) is 0. The van der Waals surface area contributed by atoms with E-state index in [-0.39, 0.29) is 5.91 Å². The van der Waals surface area contributed by atoms with Gasteiger partial charge in [0.1, 0.15) is 0 Å². The first kappa shape index (κ1) is 34.1. The van der Waals surface area contributed by atoms with E-state index in [2.05, 4.69) is 19.2 Å². The van der Waals surface area contributed by atoms with Crippen LogP contribution in [0.2, 0.25) is 0 Å². The molecule has 7 heteroatoms. The summed E-state index contributed by atoms with van der Waals surface area (Å²) in [6.07, 6.45) is 24.9. The van der Waals surface area contributed by atoms with Crippen LogP contribution in [0.4, 0.5) is 0 Å². The van der Waals surface area contributed by atoms with Crippen LogP contribution in [0.1, 0.15) is 142 Å². The van der Waals surface area contributed by atoms with Crippen LogP contribution in [0, 0.1) is 0 Å². The van der Waals surface area contributed by atoms with Gasteiger partial charge >= 0.3 is 0 Å². The Morgan fingerprint density at radius 1 is 0.743 bits per heavy atom. The molecule has 0 saturated carbocycles. The second-order valence-electron chi connectivity index (χ2n) is 10.0. The number of hydrogen-bond donors (Lipinski definition) is 3. The van der Waals surface area contributed by atoms with Crippen molar-refractivity contribution in [3.8, 4) is 0 Å². The van der Waals surface area contributed by atoms with E-state index in [0.29, 0.717) is 6.42 Å². The van der Waals surface area contributed by atoms with Crippen molar-refractivity contribution >= 4 is 16.0 Å². The lowest BCUT2D eigenvalue weighted by molar-refractivity contribution is -0.122. The third kappa shape index (κ3) is 24.5. The van der Waals surface area contributed by atoms with Gasteiger partial charge in [-0.3, -0.25) is 9.35 Å². The van der Waals surface area contributed by atoms with Crippen molar-refractivity contribution in [2.45, 2.75) is 154 Å². The Labute approximate surface area is 216 Å². The fourth-order valence-electron chi connectivity index (χ4n) is 4.27. The molecule has 3 N–H and O–H groups in total. The lowest BCUT2D eigenvalue weighted by atomic mass is 10.0. The van der Waals surface area contributed by atoms with E-state index in [4.69, 9.17) is 0 Å². The second-order valence-corrected chi connectivity index (χ2v) is 11.5. The molecule has 0 aromatic carbocycles. The number of unbranched alkanes of at least 4 members (excludes halogenated alkanes) is 17. The van der Waals surface area contributed by atoms with E-state index in [1.807, 2.05) is 6.08 Å². The number of amides is 1. The van der Waals surface area contributed by atoms with Crippen molar-refractivity contribution in [3.63, 3.8) is 0 Å². The third-order valence-corrected chi connectivity index (χ3v) is 7.24. The van der Waals surface area contributed by atoms with Crippen molar-refractivity contribution in [1.82, 2.24) is 5.32 Å². The summed E-state index contributed by atoms with van der Waals surface area (Å²) >= 11 is 0. The van der Waals surface area contributed by atoms with Crippen LogP contribution in [0.25, 0.3) is 0 Å². The van der Waals surface area contributed by atoms with E-state index in [1.165, 1.54) is 89.5 Å². The molecule has 0 saturated heterocycles. The van der Waals surface area contributed by atoms with Crippen LogP contribution >= 0.6 is 0 Å². The summed E-state index contributed by atoms with van der Waals surface area (Å²) in [6.45, 7) is 4.42. The third-order valence-electron chi connectivity index (χ3n) is 6.46. The molecule has 0 rings (SSSR count). The highest BCUT2D eigenvalue weighted by atomic mass is 32.2. The zero-order valence-corrected chi connectivity index (χ0v) is 23.5. The maximum atomic E-state index is 12.3. The van der Waals surface area contributed by atoms with Gasteiger partial charge in [-0.2, -0.15) is 8.42 Å². The van der Waals surface area contributed by atoms with Crippen LogP contribution in [0.3, 0.4) is 0 Å². The van der Waals surface area contributed by atoms with Crippen molar-refractivity contribution in [1.29, 1.82) is 0 Å². The molecule has 0 bridgehead atoms. The monoisotopic (exact) mass is 517 g/mol. The van der Waals surface area contributed by atoms with E-state index in [1.54, 1.807) is 0 Å². The van der Waals surface area contributed by atoms with E-state index < -0.39 is 28.0 Å². The summed E-state index contributed by atoms with van der Waals surface area (Å²) in [6, 6.07) is -1.05. The minimum absolute atomic E-state index is 0.283. The number of carbonyl (C=O) groups is 1. The molecule has 1 amide bonds. The zero-order valence-electron chi connectivity index (χ0n) is 22.7. The van der Waals surface area contributed by atoms with Gasteiger partial charge in [0.2, 0.25) is 5.91 Å². The van der Waals surface area contributed by atoms with Gasteiger partial charge in [-0.25, -0.2) is 0 Å². The predicted molar refractivity (Wildman–Crippen MR) is 147 cm³/mol. The maximum absolute atomic E-state index is 12.3. The average Bonchev–Trinajstić information content (AvgIpc) is 2.80. The van der Waals surface area contributed by atoms with Gasteiger partial charge in [-0.15, -0.1) is 0 Å². The number of aliphatic hydroxyl groups excluding tert-OH is 1. The van der Waals surface area contributed by atoms with E-state index in [0.717, 1.165) is 38.5 Å². The van der Waals surface area contributed by atoms with Gasteiger partial charge in [0.15, 0.2) is 0 Å². The first-order valence-corrected chi connectivity index (χ1v) is 16.0. The summed E-state index contributed by atoms with van der Waals surface area (Å²) in [5, 5.41) is 13.0. The van der Waals surface area contributed by atoms with Gasteiger partial charge in [0, 0.05) is 6.42 Å². The second kappa shape index (κ2) is 23.5. The summed E-state index contributed by atoms with van der Waals surface area (Å²) in [7, 11) is -4.32. The van der Waals surface area contributed by atoms with Crippen LogP contribution in [0.5, 0.6) is 0 Å². The highest BCUT2D eigenvalue weighted by Crippen LogP contribution is 2.13. The van der Waals surface area contributed by atoms with Gasteiger partial charge in [-0.1, -0.05) is 129 Å². The molecular weight excluding hydrogens is 462 g/mol. The molecule has 0 radical (unpaired) electrons. The number of aliphatic hydroxyl groups is 1. The largest absolute Gasteiger partial charge is 0.387 e. The Balaban J connectivity index is 4.09. The molecule has 0 spiro atoms. The number of carbonyl (C=O) groups excluding carboxylic acids is 1. The molecule has 0 aliphatic carbocycles. The number of nitrogens with one attached hydrogen (secondary N) is 1. The fraction of sp³-hybridized carbons (Fsp3) is 0.893. The zero-order chi connectivity index (χ0) is 26.2. The number of allylic oxidation sites excluding steroid dienone is 1. The van der Waals surface area contributed by atoms with E-state index >= 15 is 0 Å². The topological polar surface area (TPSA) is 104 Å². The molecule has 35 heavy (non-hydrogen) atoms. The molecule has 2 atom stereocenters. The first-order valence-electron chi connectivity index (χ1n) is 14.4. The molecule has 0 heterocycles. The molecule has 0 aliphatic heterocycles. The smallest absolute Gasteiger partial charge is 0.267 e. The molecule has 0 aliphatic rings. The fourth-order valence-corrected chi connectivity index (χ4v) is 5.00. The minimum Gasteiger partial charge on any atom is -0.387 e. The molecular formula is C28H55NO5S. The van der Waals surface area contributed by atoms with Crippen LogP contribution in [-0.2, 0) is 14.9 Å². The quantitative estimate of drug-likeness (QED) is 0.0679. The van der Waals surface area contributed by atoms with Gasteiger partial charge in [0.05, 0.1) is 17.9 Å². The maximum Gasteiger partial charge on any atom is 0.267 e. The first-order chi connectivity index (χ1) is 16.8. The van der Waals surface area contributed by atoms with Crippen molar-refractivity contribution in [3.05, 3.63) is 12.2 Å². The lowest BCUT2D eigenvalue weighted by Gasteiger charge is -2.21. The van der Waals surface area contributed by atoms with Gasteiger partial charge in [-0.05, 0) is 19.3 Å². The van der Waals surface area contributed by atoms with E-state index in [9.17, 15) is 22.9 Å². The Kier molecular flexibility index (Phi) is 22.9. The minimum atomic E-state index is -4.32. The highest BCUT2D eigenvalue weighted by Gasteiger charge is 2.24. The Morgan fingerprint density at radius 3 is 1.63 bits per heavy atom. The molecule has 2 unspecified atom stereocenters. The summed E-state index contributed by atoms with van der Waals surface area (Å²) in [5.74, 6) is -0.978. The van der Waals surface area contributed by atoms with Crippen molar-refractivity contribution in [2.75, 3.05) is 5.75 Å². The standard InChI is InChI=1S/C28H55NO5S/c1-3-5-7-9-11-13-14-15-16-18-20-22-24-28(31)29-26(25-35(32,33)34)27(30)23-21-19-17-12-10-8-6-4-2/h21,23,26-27,30H,3-20,22,24-25H2,1-2H3,(H,29,31)(H,32,33,34)/b23-21+. The molecule has 0 fully saturated rings. The predicted octanol–water partition coefficient (Wildman–Crippen LogP) is 7.12. The van der Waals surface area contributed by atoms with Crippen LogP contribution in [0.15, 0.2) is 12.2 Å². The number of rotatable bonds is 25. The van der Waals surface area contributed by atoms with Crippen LogP contribution < -0.4 is 5.32 Å². The SMILES string of the molecule is CCCCCCCC/C=C/C(O)C(CS(=O)(=O)O)NC(=O)CCCCCCCCCCCCCC. The van der Waals surface area contributed by atoms with Gasteiger partial charge in [0.25, 0.3) is 10.1 Å².